The Balaban J connectivity index is 0.945. The van der Waals surface area contributed by atoms with E-state index in [1.54, 1.807) is 0 Å². The van der Waals surface area contributed by atoms with Gasteiger partial charge in [-0.2, -0.15) is 0 Å². The topological polar surface area (TPSA) is 40.6 Å². The predicted octanol–water partition coefficient (Wildman–Crippen LogP) is 19.5. The van der Waals surface area contributed by atoms with Crippen molar-refractivity contribution in [2.24, 2.45) is 0 Å². The molecule has 0 saturated carbocycles. The molecule has 0 bridgehead atoms. The Morgan fingerprint density at radius 3 is 0.931 bits per heavy atom. The Kier molecular flexibility index (Phi) is 10.8. The highest BCUT2D eigenvalue weighted by atomic mass is 15.1. The Hall–Kier alpha value is -11.4. The van der Waals surface area contributed by atoms with Gasteiger partial charge in [-0.15, -0.1) is 0 Å². The minimum Gasteiger partial charge on any atom is -0.308 e. The average molecular weight is 1110 g/mol. The second-order valence-corrected chi connectivity index (χ2v) is 23.2. The van der Waals surface area contributed by atoms with Crippen LogP contribution in [0.2, 0.25) is 0 Å². The fourth-order valence-electron chi connectivity index (χ4n) is 15.2. The van der Waals surface area contributed by atoms with Gasteiger partial charge in [-0.05, 0) is 140 Å². The molecule has 2 aliphatic heterocycles. The molecule has 0 fully saturated rings. The smallest absolute Gasteiger partial charge is 0.145 e. The summed E-state index contributed by atoms with van der Waals surface area (Å²) in [5.74, 6) is 1.81. The number of fused-ring (bicyclic) bond motifs is 3. The van der Waals surface area contributed by atoms with Gasteiger partial charge in [0.25, 0.3) is 0 Å². The van der Waals surface area contributed by atoms with Crippen molar-refractivity contribution in [2.75, 3.05) is 0 Å². The standard InChI is InChI=1S/C82H53N5/c1-7-24-60(25-8-1)81(61-26-9-2-10-27-61)68-36-23-37-69-78(68)87-76-66(50-58(52-70(76)81)54-42-46-56(47-43-54)79-83-72-38-19-21-40-74(72)85(79)64-32-15-5-16-33-64)67-51-59(53-71(77(67)87)82(69,62-28-11-3-12-29-62)63-30-13-4-14-31-63)55-44-48-57(49-45-55)80-84-73-39-20-22-41-75(73)86(80)65-34-17-6-18-35-65/h1-53H. The summed E-state index contributed by atoms with van der Waals surface area (Å²) in [4.78, 5) is 10.6. The highest BCUT2D eigenvalue weighted by molar-refractivity contribution is 6.17. The molecule has 406 valence electrons. The first kappa shape index (κ1) is 49.1. The van der Waals surface area contributed by atoms with Gasteiger partial charge in [0.2, 0.25) is 0 Å². The molecule has 5 nitrogen and oxygen atoms in total. The number of rotatable bonds is 10. The molecule has 0 unspecified atom stereocenters. The number of nitrogens with zero attached hydrogens (tertiary/aromatic N) is 5. The van der Waals surface area contributed by atoms with Gasteiger partial charge in [-0.25, -0.2) is 9.97 Å². The van der Waals surface area contributed by atoms with E-state index in [0.717, 1.165) is 78.5 Å². The predicted molar refractivity (Wildman–Crippen MR) is 356 cm³/mol. The normalized spacial score (nSPS) is 13.5. The largest absolute Gasteiger partial charge is 0.308 e. The maximum Gasteiger partial charge on any atom is 0.145 e. The first-order valence-electron chi connectivity index (χ1n) is 30.0. The summed E-state index contributed by atoms with van der Waals surface area (Å²) in [5.41, 5.74) is 24.9. The van der Waals surface area contributed by atoms with E-state index in [9.17, 15) is 0 Å². The summed E-state index contributed by atoms with van der Waals surface area (Å²) in [5, 5.41) is 2.41. The zero-order valence-corrected chi connectivity index (χ0v) is 47.3. The molecule has 0 N–H and O–H groups in total. The molecule has 3 aromatic heterocycles. The van der Waals surface area contributed by atoms with Gasteiger partial charge in [0.1, 0.15) is 11.6 Å². The van der Waals surface area contributed by atoms with E-state index >= 15 is 0 Å². The van der Waals surface area contributed by atoms with Crippen LogP contribution in [0.25, 0.3) is 106 Å². The minimum atomic E-state index is -0.751. The zero-order valence-electron chi connectivity index (χ0n) is 47.3. The van der Waals surface area contributed by atoms with E-state index < -0.39 is 10.8 Å². The van der Waals surface area contributed by atoms with Crippen LogP contribution < -0.4 is 0 Å². The average Bonchev–Trinajstić information content (AvgIpc) is 1.62. The lowest BCUT2D eigenvalue weighted by Crippen LogP contribution is -2.41. The van der Waals surface area contributed by atoms with Crippen molar-refractivity contribution < 1.29 is 0 Å². The van der Waals surface area contributed by atoms with Gasteiger partial charge in [0.05, 0.1) is 49.6 Å². The van der Waals surface area contributed by atoms with Crippen molar-refractivity contribution >= 4 is 43.9 Å². The fraction of sp³-hybridized carbons (Fsp3) is 0.0244. The molecule has 18 rings (SSSR count). The van der Waals surface area contributed by atoms with E-state index in [4.69, 9.17) is 9.97 Å². The Morgan fingerprint density at radius 1 is 0.241 bits per heavy atom. The third kappa shape index (κ3) is 7.02. The van der Waals surface area contributed by atoms with Crippen LogP contribution in [0.1, 0.15) is 44.5 Å². The summed E-state index contributed by atoms with van der Waals surface area (Å²) in [6.45, 7) is 0. The van der Waals surface area contributed by atoms with Gasteiger partial charge < -0.3 is 4.57 Å². The molecule has 87 heavy (non-hydrogen) atoms. The quantitative estimate of drug-likeness (QED) is 0.137. The molecule has 2 aliphatic rings. The van der Waals surface area contributed by atoms with Gasteiger partial charge >= 0.3 is 0 Å². The van der Waals surface area contributed by atoms with Crippen molar-refractivity contribution in [3.05, 3.63) is 366 Å². The highest BCUT2D eigenvalue weighted by Crippen LogP contribution is 2.62. The summed E-state index contributed by atoms with van der Waals surface area (Å²) in [6, 6.07) is 119. The van der Waals surface area contributed by atoms with Crippen LogP contribution in [-0.2, 0) is 10.8 Å². The molecule has 16 aromatic rings. The molecule has 0 spiro atoms. The molecule has 0 radical (unpaired) electrons. The highest BCUT2D eigenvalue weighted by Gasteiger charge is 2.53. The summed E-state index contributed by atoms with van der Waals surface area (Å²) in [7, 11) is 0. The van der Waals surface area contributed by atoms with Crippen molar-refractivity contribution in [2.45, 2.75) is 10.8 Å². The van der Waals surface area contributed by atoms with Crippen LogP contribution in [0.3, 0.4) is 0 Å². The maximum absolute atomic E-state index is 5.29. The Bertz CT molecular complexity index is 4930. The number of para-hydroxylation sites is 7. The van der Waals surface area contributed by atoms with E-state index in [-0.39, 0.29) is 0 Å². The molecule has 5 heterocycles. The van der Waals surface area contributed by atoms with Crippen LogP contribution in [0, 0.1) is 0 Å². The van der Waals surface area contributed by atoms with Crippen LogP contribution in [0.15, 0.2) is 322 Å². The molecule has 0 aliphatic carbocycles. The molecule has 0 amide bonds. The monoisotopic (exact) mass is 1110 g/mol. The van der Waals surface area contributed by atoms with Crippen LogP contribution in [0.4, 0.5) is 0 Å². The lowest BCUT2D eigenvalue weighted by atomic mass is 9.58. The van der Waals surface area contributed by atoms with E-state index in [1.807, 2.05) is 0 Å². The van der Waals surface area contributed by atoms with Crippen molar-refractivity contribution in [1.82, 2.24) is 23.7 Å². The zero-order chi connectivity index (χ0) is 57.2. The first-order valence-corrected chi connectivity index (χ1v) is 30.0. The van der Waals surface area contributed by atoms with E-state index in [1.165, 1.54) is 72.0 Å². The van der Waals surface area contributed by atoms with Crippen molar-refractivity contribution in [3.8, 4) is 62.1 Å². The third-order valence-electron chi connectivity index (χ3n) is 18.8. The van der Waals surface area contributed by atoms with Gasteiger partial charge in [-0.1, -0.05) is 249 Å². The van der Waals surface area contributed by atoms with Crippen LogP contribution >= 0.6 is 0 Å². The van der Waals surface area contributed by atoms with Crippen LogP contribution in [0.5, 0.6) is 0 Å². The van der Waals surface area contributed by atoms with Gasteiger partial charge in [0, 0.05) is 33.3 Å². The fourth-order valence-corrected chi connectivity index (χ4v) is 15.2. The second kappa shape index (κ2) is 19.1. The van der Waals surface area contributed by atoms with Gasteiger partial charge in [0.15, 0.2) is 0 Å². The Labute approximate surface area is 503 Å². The molecule has 13 aromatic carbocycles. The third-order valence-corrected chi connectivity index (χ3v) is 18.8. The SMILES string of the molecule is c1ccc(-n2c(-c3ccc(-c4cc5c6c(c4)c4cc(-c7ccc(-c8nc9ccccc9n8-c8ccccc8)cc7)cc7c4n6-c4c(cccc4C7(c4ccccc4)c4ccccc4)C5(c4ccccc4)c4ccccc4)cc3)nc3ccccc32)cc1. The summed E-state index contributed by atoms with van der Waals surface area (Å²) >= 11 is 0. The number of hydrogen-bond acceptors (Lipinski definition) is 2. The van der Waals surface area contributed by atoms with Crippen LogP contribution in [-0.4, -0.2) is 23.7 Å². The minimum absolute atomic E-state index is 0.751. The molecular weight excluding hydrogens is 1050 g/mol. The molecule has 0 atom stereocenters. The van der Waals surface area contributed by atoms with E-state index in [2.05, 4.69) is 335 Å². The Morgan fingerprint density at radius 2 is 0.563 bits per heavy atom. The lowest BCUT2D eigenvalue weighted by Gasteiger charge is -2.48. The molecule has 0 saturated heterocycles. The number of aromatic nitrogens is 5. The first-order chi connectivity index (χ1) is 43.2. The number of imidazole rings is 2. The van der Waals surface area contributed by atoms with E-state index in [0.29, 0.717) is 0 Å². The summed E-state index contributed by atoms with van der Waals surface area (Å²) < 4.78 is 7.24. The van der Waals surface area contributed by atoms with Gasteiger partial charge in [-0.3, -0.25) is 9.13 Å². The second-order valence-electron chi connectivity index (χ2n) is 23.2. The number of hydrogen-bond donors (Lipinski definition) is 0. The molecular formula is C82H53N5. The summed E-state index contributed by atoms with van der Waals surface area (Å²) in [6.07, 6.45) is 0. The van der Waals surface area contributed by atoms with Crippen molar-refractivity contribution in [1.29, 1.82) is 0 Å². The number of benzene rings is 13. The maximum atomic E-state index is 5.29. The lowest BCUT2D eigenvalue weighted by molar-refractivity contribution is 0.684. The van der Waals surface area contributed by atoms with Crippen molar-refractivity contribution in [3.63, 3.8) is 0 Å². The molecule has 5 heteroatoms.